The minimum absolute atomic E-state index is 0. The fourth-order valence-electron chi connectivity index (χ4n) is 0.802. The van der Waals surface area contributed by atoms with E-state index < -0.39 is 0 Å². The third-order valence-electron chi connectivity index (χ3n) is 1.36. The van der Waals surface area contributed by atoms with E-state index in [9.17, 15) is 0 Å². The van der Waals surface area contributed by atoms with E-state index in [0.29, 0.717) is 0 Å². The molecular weight excluding hydrogens is 340 g/mol. The minimum Gasteiger partial charge on any atom is 1.00 e. The van der Waals surface area contributed by atoms with Crippen LogP contribution in [0.3, 0.4) is 0 Å². The molecule has 0 amide bonds. The number of aryl methyl sites for hydroxylation is 1. The number of thiocarbonyl (C=S) groups is 1. The van der Waals surface area contributed by atoms with Gasteiger partial charge >= 0.3 is 143 Å². The largest absolute Gasteiger partial charge is 1.00 e. The zero-order valence-corrected chi connectivity index (χ0v) is 15.4. The fourth-order valence-corrected chi connectivity index (χ4v) is 1.51. The van der Waals surface area contributed by atoms with Gasteiger partial charge in [-0.2, -0.15) is 0 Å². The molecule has 0 fully saturated rings. The molecule has 0 nitrogen and oxygen atoms in total. The summed E-state index contributed by atoms with van der Waals surface area (Å²) in [6, 6.07) is 8.08. The predicted octanol–water partition coefficient (Wildman–Crippen LogP) is -1.16. The van der Waals surface area contributed by atoms with Crippen molar-refractivity contribution in [3.05, 3.63) is 35.4 Å². The van der Waals surface area contributed by atoms with Crippen molar-refractivity contribution in [1.82, 2.24) is 0 Å². The molecule has 11 heavy (non-hydrogen) atoms. The average molecular weight is 347 g/mol. The Morgan fingerprint density at radius 3 is 2.27 bits per heavy atom. The van der Waals surface area contributed by atoms with Crippen LogP contribution in [0.4, 0.5) is 0 Å². The summed E-state index contributed by atoms with van der Waals surface area (Å²) in [6.07, 6.45) is 0. The van der Waals surface area contributed by atoms with Crippen LogP contribution in [0.1, 0.15) is 11.1 Å². The van der Waals surface area contributed by atoms with Gasteiger partial charge in [0.05, 0.1) is 0 Å². The number of hydrogen-bond donors (Lipinski definition) is 0. The molecule has 0 bridgehead atoms. The molecule has 1 aromatic carbocycles. The fraction of sp³-hybridized carbons (Fsp3) is 0.125. The summed E-state index contributed by atoms with van der Waals surface area (Å²) in [5, 5.41) is 0. The number of hydrogen-bond acceptors (Lipinski definition) is 1. The van der Waals surface area contributed by atoms with Crippen LogP contribution in [-0.2, 0) is 0 Å². The zero-order chi connectivity index (χ0) is 7.56. The number of benzene rings is 1. The van der Waals surface area contributed by atoms with Crippen LogP contribution in [0.15, 0.2) is 24.3 Å². The smallest absolute Gasteiger partial charge is 1.00 e. The molecule has 0 saturated heterocycles. The zero-order valence-electron chi connectivity index (χ0n) is 6.63. The molecular formula is C8H7CsSSe. The van der Waals surface area contributed by atoms with Crippen molar-refractivity contribution < 1.29 is 68.9 Å². The van der Waals surface area contributed by atoms with Gasteiger partial charge in [0.25, 0.3) is 0 Å². The van der Waals surface area contributed by atoms with E-state index >= 15 is 0 Å². The van der Waals surface area contributed by atoms with E-state index in [1.165, 1.54) is 5.56 Å². The normalized spacial score (nSPS) is 8.45. The van der Waals surface area contributed by atoms with Crippen LogP contribution in [0.2, 0.25) is 0 Å². The maximum absolute atomic E-state index is 4.99. The predicted molar refractivity (Wildman–Crippen MR) is 48.6 cm³/mol. The van der Waals surface area contributed by atoms with Crippen molar-refractivity contribution in [2.24, 2.45) is 0 Å². The van der Waals surface area contributed by atoms with Crippen LogP contribution >= 0.6 is 12.2 Å². The van der Waals surface area contributed by atoms with E-state index in [4.69, 9.17) is 12.2 Å². The maximum Gasteiger partial charge on any atom is 1.00 e. The van der Waals surface area contributed by atoms with Crippen LogP contribution in [0.25, 0.3) is 0 Å². The van der Waals surface area contributed by atoms with Gasteiger partial charge < -0.3 is 0 Å². The molecule has 0 radical (unpaired) electrons. The summed E-state index contributed by atoms with van der Waals surface area (Å²) in [5.41, 5.74) is 2.36. The first-order valence-corrected chi connectivity index (χ1v) is 4.25. The van der Waals surface area contributed by atoms with E-state index in [1.807, 2.05) is 18.2 Å². The summed E-state index contributed by atoms with van der Waals surface area (Å²) in [6.45, 7) is 2.05. The second-order valence-electron chi connectivity index (χ2n) is 2.10. The first-order valence-electron chi connectivity index (χ1n) is 2.99. The van der Waals surface area contributed by atoms with Gasteiger partial charge in [0, 0.05) is 0 Å². The first-order chi connectivity index (χ1) is 4.72. The van der Waals surface area contributed by atoms with Crippen LogP contribution in [0.5, 0.6) is 0 Å². The molecule has 0 aliphatic heterocycles. The minimum atomic E-state index is 0. The molecule has 1 rings (SSSR count). The van der Waals surface area contributed by atoms with Crippen molar-refractivity contribution in [3.8, 4) is 0 Å². The molecule has 0 saturated carbocycles. The average Bonchev–Trinajstić information content (AvgIpc) is 1.88. The van der Waals surface area contributed by atoms with Gasteiger partial charge in [-0.25, -0.2) is 0 Å². The Balaban J connectivity index is 0.000001000. The van der Waals surface area contributed by atoms with Crippen LogP contribution in [-0.4, -0.2) is 19.8 Å². The quantitative estimate of drug-likeness (QED) is 0.457. The van der Waals surface area contributed by atoms with Gasteiger partial charge in [0.2, 0.25) is 0 Å². The third-order valence-corrected chi connectivity index (χ3v) is 2.05. The molecule has 0 unspecified atom stereocenters. The second-order valence-corrected chi connectivity index (χ2v) is 3.95. The summed E-state index contributed by atoms with van der Waals surface area (Å²) in [7, 11) is 0. The van der Waals surface area contributed by atoms with E-state index in [-0.39, 0.29) is 68.9 Å². The standard InChI is InChI=1S/C8H8SSe.Cs/c1-6-4-2-3-5-7(6)8(9)10;/h2-5H,1H3,(H,9,10);/q;+1/p-1. The Kier molecular flexibility index (Phi) is 7.44. The van der Waals surface area contributed by atoms with Crippen molar-refractivity contribution in [2.45, 2.75) is 6.92 Å². The van der Waals surface area contributed by atoms with Gasteiger partial charge in [0.1, 0.15) is 0 Å². The molecule has 0 aromatic heterocycles. The Morgan fingerprint density at radius 2 is 1.91 bits per heavy atom. The molecule has 3 heteroatoms. The Morgan fingerprint density at radius 1 is 1.36 bits per heavy atom. The molecule has 1 aromatic rings. The van der Waals surface area contributed by atoms with Gasteiger partial charge in [-0.15, -0.1) is 0 Å². The monoisotopic (exact) mass is 348 g/mol. The van der Waals surface area contributed by atoms with Gasteiger partial charge in [-0.1, -0.05) is 0 Å². The summed E-state index contributed by atoms with van der Waals surface area (Å²) < 4.78 is 0.845. The molecule has 0 aliphatic rings. The summed E-state index contributed by atoms with van der Waals surface area (Å²) in [4.78, 5) is 0. The molecule has 0 N–H and O–H groups in total. The maximum atomic E-state index is 4.99. The Labute approximate surface area is 140 Å². The second kappa shape index (κ2) is 6.35. The van der Waals surface area contributed by atoms with E-state index in [2.05, 4.69) is 29.0 Å². The van der Waals surface area contributed by atoms with Gasteiger partial charge in [-0.05, 0) is 0 Å². The topological polar surface area (TPSA) is 0 Å². The first kappa shape index (κ1) is 12.9. The van der Waals surface area contributed by atoms with Crippen molar-refractivity contribution in [3.63, 3.8) is 0 Å². The molecule has 0 heterocycles. The SMILES string of the molecule is Cc1ccccc1C(=S)[Se-].[Cs+]. The van der Waals surface area contributed by atoms with Crippen molar-refractivity contribution >= 4 is 32.0 Å². The Hall–Kier alpha value is 1.88. The molecule has 52 valence electrons. The molecule has 0 atom stereocenters. The van der Waals surface area contributed by atoms with Gasteiger partial charge in [-0.3, -0.25) is 0 Å². The van der Waals surface area contributed by atoms with Crippen LogP contribution in [0, 0.1) is 6.92 Å². The van der Waals surface area contributed by atoms with Gasteiger partial charge in [0.15, 0.2) is 0 Å². The van der Waals surface area contributed by atoms with Crippen molar-refractivity contribution in [1.29, 1.82) is 0 Å². The molecule has 0 aliphatic carbocycles. The van der Waals surface area contributed by atoms with E-state index in [1.54, 1.807) is 0 Å². The van der Waals surface area contributed by atoms with E-state index in [0.717, 1.165) is 9.33 Å². The summed E-state index contributed by atoms with van der Waals surface area (Å²) in [5.74, 6) is 0. The molecule has 0 spiro atoms. The summed E-state index contributed by atoms with van der Waals surface area (Å²) >= 11 is 7.82. The van der Waals surface area contributed by atoms with Crippen molar-refractivity contribution in [2.75, 3.05) is 0 Å². The number of rotatable bonds is 1. The third kappa shape index (κ3) is 4.07. The Bertz CT molecular complexity index is 260. The van der Waals surface area contributed by atoms with Crippen LogP contribution < -0.4 is 68.9 Å².